The van der Waals surface area contributed by atoms with E-state index in [1.54, 1.807) is 26.3 Å². The molecule has 0 aliphatic heterocycles. The Kier molecular flexibility index (Phi) is 7.43. The second-order valence-corrected chi connectivity index (χ2v) is 10.7. The standard InChI is InChI=1S/C30H33FN6O2/c1-35(29-24(17-33)30(38)36(2)26-14-8-21(16-32)34-28(26)29)22-9-11-23(12-10-22)37(18-19-5-4-6-19)25-13-7-20(31)15-27(25)39-3/h7-8,13-15,19,22-23H,4-6,9-12,18H2,1-3H3. The molecule has 0 N–H and O–H groups in total. The summed E-state index contributed by atoms with van der Waals surface area (Å²) < 4.78 is 21.0. The van der Waals surface area contributed by atoms with Crippen molar-refractivity contribution in [3.05, 3.63) is 57.8 Å². The van der Waals surface area contributed by atoms with Gasteiger partial charge in [0.15, 0.2) is 0 Å². The summed E-state index contributed by atoms with van der Waals surface area (Å²) in [5.74, 6) is 0.871. The average molecular weight is 529 g/mol. The highest BCUT2D eigenvalue weighted by atomic mass is 19.1. The molecule has 39 heavy (non-hydrogen) atoms. The van der Waals surface area contributed by atoms with Gasteiger partial charge in [0.2, 0.25) is 0 Å². The number of nitrogens with zero attached hydrogens (tertiary/aromatic N) is 6. The van der Waals surface area contributed by atoms with E-state index >= 15 is 0 Å². The lowest BCUT2D eigenvalue weighted by Crippen LogP contribution is -2.46. The van der Waals surface area contributed by atoms with Crippen molar-refractivity contribution in [2.24, 2.45) is 13.0 Å². The Morgan fingerprint density at radius 1 is 1.08 bits per heavy atom. The smallest absolute Gasteiger partial charge is 0.270 e. The van der Waals surface area contributed by atoms with Crippen LogP contribution < -0.4 is 20.1 Å². The van der Waals surface area contributed by atoms with Crippen LogP contribution in [0.25, 0.3) is 11.0 Å². The zero-order valence-electron chi connectivity index (χ0n) is 22.7. The maximum atomic E-state index is 14.0. The van der Waals surface area contributed by atoms with Gasteiger partial charge in [0, 0.05) is 38.8 Å². The van der Waals surface area contributed by atoms with Crippen molar-refractivity contribution in [2.75, 3.05) is 30.5 Å². The minimum Gasteiger partial charge on any atom is -0.494 e. The van der Waals surface area contributed by atoms with E-state index in [4.69, 9.17) is 4.74 Å². The fourth-order valence-electron chi connectivity index (χ4n) is 6.13. The van der Waals surface area contributed by atoms with Gasteiger partial charge in [-0.25, -0.2) is 9.37 Å². The molecule has 8 nitrogen and oxygen atoms in total. The van der Waals surface area contributed by atoms with Crippen molar-refractivity contribution in [3.8, 4) is 17.9 Å². The molecule has 3 aromatic rings. The number of methoxy groups -OCH3 is 1. The first-order valence-corrected chi connectivity index (χ1v) is 13.5. The Labute approximate surface area is 227 Å². The largest absolute Gasteiger partial charge is 0.494 e. The molecular formula is C30H33FN6O2. The molecule has 2 fully saturated rings. The van der Waals surface area contributed by atoms with E-state index in [-0.39, 0.29) is 34.7 Å². The van der Waals surface area contributed by atoms with E-state index in [0.717, 1.165) is 37.9 Å². The van der Waals surface area contributed by atoms with Crippen LogP contribution in [0.1, 0.15) is 56.2 Å². The first-order chi connectivity index (χ1) is 18.9. The predicted molar refractivity (Wildman–Crippen MR) is 148 cm³/mol. The van der Waals surface area contributed by atoms with Crippen LogP contribution in [0.15, 0.2) is 35.1 Å². The molecule has 0 atom stereocenters. The van der Waals surface area contributed by atoms with Crippen LogP contribution in [0, 0.1) is 34.4 Å². The Morgan fingerprint density at radius 3 is 2.41 bits per heavy atom. The molecule has 2 aliphatic rings. The molecule has 9 heteroatoms. The third-order valence-electron chi connectivity index (χ3n) is 8.58. The van der Waals surface area contributed by atoms with Gasteiger partial charge in [-0.3, -0.25) is 4.79 Å². The minimum atomic E-state index is -0.373. The number of anilines is 2. The Hall–Kier alpha value is -4.11. The van der Waals surface area contributed by atoms with E-state index < -0.39 is 0 Å². The zero-order chi connectivity index (χ0) is 27.7. The molecule has 0 saturated heterocycles. The van der Waals surface area contributed by atoms with Crippen LogP contribution in [-0.2, 0) is 7.05 Å². The molecule has 1 aromatic carbocycles. The number of aryl methyl sites for hydroxylation is 1. The average Bonchev–Trinajstić information content (AvgIpc) is 2.94. The summed E-state index contributed by atoms with van der Waals surface area (Å²) in [7, 11) is 5.11. The van der Waals surface area contributed by atoms with Crippen LogP contribution in [0.2, 0.25) is 0 Å². The number of hydrogen-bond acceptors (Lipinski definition) is 7. The van der Waals surface area contributed by atoms with Gasteiger partial charge >= 0.3 is 0 Å². The third kappa shape index (κ3) is 4.90. The molecule has 0 unspecified atom stereocenters. The second kappa shape index (κ2) is 10.9. The highest BCUT2D eigenvalue weighted by molar-refractivity contribution is 5.92. The highest BCUT2D eigenvalue weighted by Crippen LogP contribution is 2.39. The summed E-state index contributed by atoms with van der Waals surface area (Å²) >= 11 is 0. The molecule has 0 spiro atoms. The van der Waals surface area contributed by atoms with Crippen molar-refractivity contribution in [2.45, 2.75) is 57.0 Å². The Balaban J connectivity index is 1.44. The molecule has 0 radical (unpaired) electrons. The van der Waals surface area contributed by atoms with E-state index in [0.29, 0.717) is 28.4 Å². The molecule has 202 valence electrons. The summed E-state index contributed by atoms with van der Waals surface area (Å²) in [6.45, 7) is 0.923. The van der Waals surface area contributed by atoms with Crippen LogP contribution in [0.5, 0.6) is 5.75 Å². The summed E-state index contributed by atoms with van der Waals surface area (Å²) in [5.41, 5.74) is 2.40. The molecule has 5 rings (SSSR count). The predicted octanol–water partition coefficient (Wildman–Crippen LogP) is 4.88. The van der Waals surface area contributed by atoms with Gasteiger partial charge in [-0.2, -0.15) is 10.5 Å². The summed E-state index contributed by atoms with van der Waals surface area (Å²) in [6.07, 6.45) is 7.19. The van der Waals surface area contributed by atoms with Gasteiger partial charge in [-0.1, -0.05) is 6.42 Å². The maximum absolute atomic E-state index is 14.0. The van der Waals surface area contributed by atoms with Crippen molar-refractivity contribution >= 4 is 22.4 Å². The SMILES string of the molecule is COc1cc(F)ccc1N(CC1CCC1)C1CCC(N(C)c2c(C#N)c(=O)n(C)c3ccc(C#N)nc23)CC1. The number of hydrogen-bond donors (Lipinski definition) is 0. The summed E-state index contributed by atoms with van der Waals surface area (Å²) in [6, 6.07) is 12.6. The second-order valence-electron chi connectivity index (χ2n) is 10.7. The summed E-state index contributed by atoms with van der Waals surface area (Å²) in [4.78, 5) is 22.0. The Bertz CT molecular complexity index is 1530. The Morgan fingerprint density at radius 2 is 1.79 bits per heavy atom. The van der Waals surface area contributed by atoms with E-state index in [9.17, 15) is 19.7 Å². The topological polar surface area (TPSA) is 98.2 Å². The normalized spacial score (nSPS) is 19.1. The number of aromatic nitrogens is 2. The van der Waals surface area contributed by atoms with Gasteiger partial charge in [-0.05, 0) is 68.7 Å². The summed E-state index contributed by atoms with van der Waals surface area (Å²) in [5, 5.41) is 19.4. The van der Waals surface area contributed by atoms with Gasteiger partial charge in [-0.15, -0.1) is 0 Å². The van der Waals surface area contributed by atoms with E-state index in [1.165, 1.54) is 36.0 Å². The van der Waals surface area contributed by atoms with Crippen LogP contribution >= 0.6 is 0 Å². The number of nitriles is 2. The van der Waals surface area contributed by atoms with Gasteiger partial charge in [0.25, 0.3) is 5.56 Å². The molecule has 0 amide bonds. The highest BCUT2D eigenvalue weighted by Gasteiger charge is 2.33. The van der Waals surface area contributed by atoms with Crippen molar-refractivity contribution < 1.29 is 9.13 Å². The molecule has 2 saturated carbocycles. The van der Waals surface area contributed by atoms with Crippen LogP contribution in [0.4, 0.5) is 15.8 Å². The maximum Gasteiger partial charge on any atom is 0.270 e. The molecule has 2 aliphatic carbocycles. The quantitative estimate of drug-likeness (QED) is 0.431. The zero-order valence-corrected chi connectivity index (χ0v) is 22.7. The van der Waals surface area contributed by atoms with Gasteiger partial charge < -0.3 is 19.1 Å². The van der Waals surface area contributed by atoms with Crippen molar-refractivity contribution in [1.82, 2.24) is 9.55 Å². The first kappa shape index (κ1) is 26.5. The fraction of sp³-hybridized carbons (Fsp3) is 0.467. The number of pyridine rings is 2. The number of rotatable bonds is 7. The van der Waals surface area contributed by atoms with Gasteiger partial charge in [0.05, 0.1) is 24.0 Å². The van der Waals surface area contributed by atoms with E-state index in [2.05, 4.69) is 22.0 Å². The van der Waals surface area contributed by atoms with Gasteiger partial charge in [0.1, 0.15) is 40.5 Å². The minimum absolute atomic E-state index is 0.0415. The molecule has 2 aromatic heterocycles. The fourth-order valence-corrected chi connectivity index (χ4v) is 6.13. The van der Waals surface area contributed by atoms with E-state index in [1.807, 2.05) is 18.0 Å². The monoisotopic (exact) mass is 528 g/mol. The molecule has 2 heterocycles. The lowest BCUT2D eigenvalue weighted by atomic mass is 9.83. The first-order valence-electron chi connectivity index (χ1n) is 13.5. The van der Waals surface area contributed by atoms with Crippen molar-refractivity contribution in [1.29, 1.82) is 10.5 Å². The van der Waals surface area contributed by atoms with Crippen LogP contribution in [-0.4, -0.2) is 42.3 Å². The molecule has 0 bridgehead atoms. The number of benzene rings is 1. The van der Waals surface area contributed by atoms with Crippen LogP contribution in [0.3, 0.4) is 0 Å². The molecular weight excluding hydrogens is 495 g/mol. The van der Waals surface area contributed by atoms with Crippen molar-refractivity contribution in [3.63, 3.8) is 0 Å². The third-order valence-corrected chi connectivity index (χ3v) is 8.58. The lowest BCUT2D eigenvalue weighted by Gasteiger charge is -2.44. The number of halogens is 1. The number of fused-ring (bicyclic) bond motifs is 1. The number of ether oxygens (including phenoxy) is 1. The lowest BCUT2D eigenvalue weighted by molar-refractivity contribution is 0.289.